The van der Waals surface area contributed by atoms with Crippen LogP contribution in [0.5, 0.6) is 0 Å². The summed E-state index contributed by atoms with van der Waals surface area (Å²) in [5.74, 6) is -0.00463. The highest BCUT2D eigenvalue weighted by Gasteiger charge is 2.00. The Morgan fingerprint density at radius 3 is 2.55 bits per heavy atom. The molecule has 0 heterocycles. The van der Waals surface area contributed by atoms with E-state index in [1.54, 1.807) is 18.2 Å². The monoisotopic (exact) mass is 213 g/mol. The average molecular weight is 214 g/mol. The molecule has 1 aromatic rings. The van der Waals surface area contributed by atoms with Gasteiger partial charge in [0.05, 0.1) is 0 Å². The van der Waals surface area contributed by atoms with Crippen molar-refractivity contribution in [2.75, 3.05) is 5.73 Å². The summed E-state index contributed by atoms with van der Waals surface area (Å²) < 4.78 is 0.889. The second-order valence-corrected chi connectivity index (χ2v) is 3.06. The van der Waals surface area contributed by atoms with Gasteiger partial charge in [0.1, 0.15) is 5.84 Å². The van der Waals surface area contributed by atoms with Crippen molar-refractivity contribution in [1.82, 2.24) is 0 Å². The highest BCUT2D eigenvalue weighted by atomic mass is 79.9. The number of hydrogen-bond donors (Lipinski definition) is 3. The first-order valence-electron chi connectivity index (χ1n) is 3.00. The molecule has 0 spiro atoms. The van der Waals surface area contributed by atoms with Gasteiger partial charge in [-0.2, -0.15) is 0 Å². The molecular weight excluding hydrogens is 206 g/mol. The first kappa shape index (κ1) is 8.07. The van der Waals surface area contributed by atoms with E-state index < -0.39 is 0 Å². The van der Waals surface area contributed by atoms with Crippen molar-refractivity contribution in [3.05, 3.63) is 28.2 Å². The SMILES string of the molecule is N=C(N)c1ccc(Br)cc1N. The molecule has 0 aliphatic rings. The maximum absolute atomic E-state index is 7.13. The van der Waals surface area contributed by atoms with Gasteiger partial charge in [-0.25, -0.2) is 0 Å². The van der Waals surface area contributed by atoms with Gasteiger partial charge in [0, 0.05) is 15.7 Å². The highest BCUT2D eigenvalue weighted by Crippen LogP contribution is 2.17. The molecule has 0 fully saturated rings. The second kappa shape index (κ2) is 2.92. The fraction of sp³-hybridized carbons (Fsp3) is 0. The van der Waals surface area contributed by atoms with Crippen molar-refractivity contribution < 1.29 is 0 Å². The molecule has 0 aromatic heterocycles. The molecule has 0 amide bonds. The third-order valence-electron chi connectivity index (χ3n) is 1.30. The lowest BCUT2D eigenvalue weighted by atomic mass is 10.2. The van der Waals surface area contributed by atoms with Gasteiger partial charge in [0.2, 0.25) is 0 Å². The maximum Gasteiger partial charge on any atom is 0.124 e. The molecule has 0 aliphatic carbocycles. The van der Waals surface area contributed by atoms with Gasteiger partial charge in [0.15, 0.2) is 0 Å². The number of halogens is 1. The van der Waals surface area contributed by atoms with Gasteiger partial charge in [-0.3, -0.25) is 5.41 Å². The predicted molar refractivity (Wildman–Crippen MR) is 49.6 cm³/mol. The van der Waals surface area contributed by atoms with E-state index in [0.29, 0.717) is 11.3 Å². The second-order valence-electron chi connectivity index (χ2n) is 2.15. The highest BCUT2D eigenvalue weighted by molar-refractivity contribution is 9.10. The Hall–Kier alpha value is -1.03. The summed E-state index contributed by atoms with van der Waals surface area (Å²) in [6.07, 6.45) is 0. The fourth-order valence-corrected chi connectivity index (χ4v) is 1.16. The largest absolute Gasteiger partial charge is 0.398 e. The van der Waals surface area contributed by atoms with E-state index in [4.69, 9.17) is 16.9 Å². The van der Waals surface area contributed by atoms with Crippen molar-refractivity contribution in [2.45, 2.75) is 0 Å². The first-order valence-corrected chi connectivity index (χ1v) is 3.80. The summed E-state index contributed by atoms with van der Waals surface area (Å²) in [7, 11) is 0. The van der Waals surface area contributed by atoms with Gasteiger partial charge in [-0.05, 0) is 18.2 Å². The molecule has 0 bridgehead atoms. The molecule has 0 atom stereocenters. The molecule has 1 rings (SSSR count). The molecule has 0 unspecified atom stereocenters. The number of anilines is 1. The Balaban J connectivity index is 3.20. The van der Waals surface area contributed by atoms with Crippen molar-refractivity contribution >= 4 is 27.5 Å². The van der Waals surface area contributed by atoms with E-state index >= 15 is 0 Å². The molecule has 3 nitrogen and oxygen atoms in total. The van der Waals surface area contributed by atoms with E-state index in [0.717, 1.165) is 4.47 Å². The van der Waals surface area contributed by atoms with Crippen LogP contribution in [-0.2, 0) is 0 Å². The number of rotatable bonds is 1. The van der Waals surface area contributed by atoms with Crippen LogP contribution in [0, 0.1) is 5.41 Å². The molecule has 4 heteroatoms. The van der Waals surface area contributed by atoms with Gasteiger partial charge in [0.25, 0.3) is 0 Å². The van der Waals surface area contributed by atoms with Crippen LogP contribution >= 0.6 is 15.9 Å². The Labute approximate surface area is 73.0 Å². The molecule has 11 heavy (non-hydrogen) atoms. The van der Waals surface area contributed by atoms with Gasteiger partial charge in [-0.1, -0.05) is 15.9 Å². The van der Waals surface area contributed by atoms with Crippen molar-refractivity contribution in [1.29, 1.82) is 5.41 Å². The molecule has 0 aliphatic heterocycles. The number of nitrogen functional groups attached to an aromatic ring is 2. The van der Waals surface area contributed by atoms with Crippen LogP contribution in [0.3, 0.4) is 0 Å². The summed E-state index contributed by atoms with van der Waals surface area (Å²) in [6, 6.07) is 5.23. The lowest BCUT2D eigenvalue weighted by Gasteiger charge is -2.02. The van der Waals surface area contributed by atoms with Crippen LogP contribution in [-0.4, -0.2) is 5.84 Å². The summed E-state index contributed by atoms with van der Waals surface area (Å²) in [4.78, 5) is 0. The van der Waals surface area contributed by atoms with E-state index in [2.05, 4.69) is 15.9 Å². The number of nitrogens with one attached hydrogen (secondary N) is 1. The molecule has 5 N–H and O–H groups in total. The molecule has 1 aromatic carbocycles. The fourth-order valence-electron chi connectivity index (χ4n) is 0.779. The number of nitrogens with two attached hydrogens (primary N) is 2. The number of amidine groups is 1. The Morgan fingerprint density at radius 2 is 2.09 bits per heavy atom. The summed E-state index contributed by atoms with van der Waals surface area (Å²) in [6.45, 7) is 0. The minimum absolute atomic E-state index is 0.00463. The molecule has 0 saturated carbocycles. The van der Waals surface area contributed by atoms with Crippen LogP contribution in [0.1, 0.15) is 5.56 Å². The Kier molecular flexibility index (Phi) is 2.14. The smallest absolute Gasteiger partial charge is 0.124 e. The summed E-state index contributed by atoms with van der Waals surface area (Å²) in [5.41, 5.74) is 11.9. The van der Waals surface area contributed by atoms with Gasteiger partial charge < -0.3 is 11.5 Å². The van der Waals surface area contributed by atoms with Gasteiger partial charge >= 0.3 is 0 Å². The van der Waals surface area contributed by atoms with Gasteiger partial charge in [-0.15, -0.1) is 0 Å². The van der Waals surface area contributed by atoms with Crippen LogP contribution in [0.15, 0.2) is 22.7 Å². The molecular formula is C7H8BrN3. The van der Waals surface area contributed by atoms with Crippen molar-refractivity contribution in [2.24, 2.45) is 5.73 Å². The zero-order chi connectivity index (χ0) is 8.43. The quantitative estimate of drug-likeness (QED) is 0.374. The average Bonchev–Trinajstić information content (AvgIpc) is 1.85. The zero-order valence-electron chi connectivity index (χ0n) is 5.76. The molecule has 58 valence electrons. The topological polar surface area (TPSA) is 75.9 Å². The van der Waals surface area contributed by atoms with Crippen molar-refractivity contribution in [3.8, 4) is 0 Å². The van der Waals surface area contributed by atoms with E-state index in [-0.39, 0.29) is 5.84 Å². The third-order valence-corrected chi connectivity index (χ3v) is 1.80. The number of hydrogen-bond acceptors (Lipinski definition) is 2. The predicted octanol–water partition coefficient (Wildman–Crippen LogP) is 1.32. The standard InChI is InChI=1S/C7H8BrN3/c8-4-1-2-5(7(10)11)6(9)3-4/h1-3H,9H2,(H3,10,11). The van der Waals surface area contributed by atoms with Crippen LogP contribution in [0.25, 0.3) is 0 Å². The van der Waals surface area contributed by atoms with Crippen molar-refractivity contribution in [3.63, 3.8) is 0 Å². The lowest BCUT2D eigenvalue weighted by Crippen LogP contribution is -2.13. The number of benzene rings is 1. The normalized spacial score (nSPS) is 9.55. The molecule has 0 radical (unpaired) electrons. The summed E-state index contributed by atoms with van der Waals surface area (Å²) in [5, 5.41) is 7.13. The lowest BCUT2D eigenvalue weighted by molar-refractivity contribution is 1.42. The minimum Gasteiger partial charge on any atom is -0.398 e. The summed E-state index contributed by atoms with van der Waals surface area (Å²) >= 11 is 3.25. The van der Waals surface area contributed by atoms with E-state index in [1.165, 1.54) is 0 Å². The van der Waals surface area contributed by atoms with E-state index in [1.807, 2.05) is 0 Å². The third kappa shape index (κ3) is 1.71. The van der Waals surface area contributed by atoms with E-state index in [9.17, 15) is 0 Å². The zero-order valence-corrected chi connectivity index (χ0v) is 7.35. The first-order chi connectivity index (χ1) is 5.11. The minimum atomic E-state index is -0.00463. The maximum atomic E-state index is 7.13. The van der Waals surface area contributed by atoms with Crippen LogP contribution in [0.2, 0.25) is 0 Å². The Morgan fingerprint density at radius 1 is 1.45 bits per heavy atom. The van der Waals surface area contributed by atoms with Crippen LogP contribution < -0.4 is 11.5 Å². The van der Waals surface area contributed by atoms with Crippen LogP contribution in [0.4, 0.5) is 5.69 Å². The Bertz CT molecular complexity index is 296. The molecule has 0 saturated heterocycles.